The molecule has 9 nitrogen and oxygen atoms in total. The Morgan fingerprint density at radius 2 is 1.23 bits per heavy atom. The first-order valence-corrected chi connectivity index (χ1v) is 13.7. The van der Waals surface area contributed by atoms with Gasteiger partial charge in [-0.15, -0.1) is 10.2 Å². The van der Waals surface area contributed by atoms with E-state index in [1.165, 1.54) is 36.4 Å². The largest absolute Gasteiger partial charge is 1.00 e. The monoisotopic (exact) mass is 582 g/mol. The molecule has 0 bridgehead atoms. The van der Waals surface area contributed by atoms with Crippen molar-refractivity contribution < 1.29 is 93.0 Å². The maximum absolute atomic E-state index is 12.0. The fraction of sp³-hybridized carbons (Fsp3) is 0. The molecule has 0 radical (unpaired) electrons. The van der Waals surface area contributed by atoms with Crippen LogP contribution in [0.2, 0.25) is 0 Å². The Morgan fingerprint density at radius 3 is 1.85 bits per heavy atom. The first-order valence-electron chi connectivity index (χ1n) is 10.8. The Labute approximate surface area is 271 Å². The zero-order valence-electron chi connectivity index (χ0n) is 22.8. The predicted molar refractivity (Wildman–Crippen MR) is 141 cm³/mol. The molecular formula is C26H20N2Na2O7S2. The van der Waals surface area contributed by atoms with Crippen molar-refractivity contribution in [3.63, 3.8) is 0 Å². The summed E-state index contributed by atoms with van der Waals surface area (Å²) in [7, 11) is -9.01. The molecule has 3 N–H and O–H groups in total. The second-order valence-corrected chi connectivity index (χ2v) is 11.0. The normalized spacial score (nSPS) is 11.8. The van der Waals surface area contributed by atoms with Crippen molar-refractivity contribution >= 4 is 53.2 Å². The van der Waals surface area contributed by atoms with Crippen LogP contribution in [0.15, 0.2) is 111 Å². The van der Waals surface area contributed by atoms with Gasteiger partial charge in [-0.2, -0.15) is 16.8 Å². The van der Waals surface area contributed by atoms with E-state index in [0.717, 1.165) is 11.5 Å². The summed E-state index contributed by atoms with van der Waals surface area (Å²) >= 11 is 0. The van der Waals surface area contributed by atoms with Gasteiger partial charge in [-0.05, 0) is 29.1 Å². The van der Waals surface area contributed by atoms with Crippen molar-refractivity contribution in [3.05, 3.63) is 91.0 Å². The third-order valence-electron chi connectivity index (χ3n) is 5.86. The average molecular weight is 583 g/mol. The molecule has 0 amide bonds. The molecule has 39 heavy (non-hydrogen) atoms. The molecule has 0 aliphatic heterocycles. The molecule has 5 aromatic rings. The summed E-state index contributed by atoms with van der Waals surface area (Å²) in [6.45, 7) is 0. The van der Waals surface area contributed by atoms with Gasteiger partial charge in [0.2, 0.25) is 0 Å². The molecule has 0 aliphatic rings. The number of aromatic hydroxyl groups is 1. The van der Waals surface area contributed by atoms with Gasteiger partial charge >= 0.3 is 59.1 Å². The van der Waals surface area contributed by atoms with Crippen molar-refractivity contribution in [3.8, 4) is 16.9 Å². The van der Waals surface area contributed by atoms with Crippen LogP contribution in [0.5, 0.6) is 5.75 Å². The van der Waals surface area contributed by atoms with Crippen LogP contribution < -0.4 is 59.1 Å². The Balaban J connectivity index is 0.00000210. The van der Waals surface area contributed by atoms with Crippen LogP contribution in [0, 0.1) is 0 Å². The standard InChI is InChI=1S/C26H18N2O7S2.2Na.2H/c29-26-22-8-4-3-7-21(22)24(37(33,34)35)15-23(26)27-28-25-19-6-2-1-5-16(19)11-14-20(25)17-9-12-18(13-10-17)36(30,31)32;;;;/h1-15,29H,(H,30,31,32)(H,33,34,35);;;;/q;2*+1;2*-1. The molecule has 5 rings (SSSR count). The first kappa shape index (κ1) is 31.4. The molecule has 0 saturated heterocycles. The van der Waals surface area contributed by atoms with Crippen molar-refractivity contribution in [2.75, 3.05) is 0 Å². The molecule has 5 aromatic carbocycles. The molecule has 13 heteroatoms. The van der Waals surface area contributed by atoms with Gasteiger partial charge in [0, 0.05) is 21.7 Å². The summed E-state index contributed by atoms with van der Waals surface area (Å²) in [5.41, 5.74) is 1.35. The summed E-state index contributed by atoms with van der Waals surface area (Å²) in [5, 5.41) is 21.2. The number of hydrogen-bond acceptors (Lipinski definition) is 7. The zero-order valence-corrected chi connectivity index (χ0v) is 26.5. The van der Waals surface area contributed by atoms with Crippen LogP contribution in [0.4, 0.5) is 11.4 Å². The fourth-order valence-electron chi connectivity index (χ4n) is 4.11. The smallest absolute Gasteiger partial charge is 1.00 e. The van der Waals surface area contributed by atoms with Gasteiger partial charge in [0.15, 0.2) is 5.75 Å². The van der Waals surface area contributed by atoms with E-state index in [1.807, 2.05) is 24.3 Å². The number of phenols is 1. The summed E-state index contributed by atoms with van der Waals surface area (Å²) in [4.78, 5) is -0.687. The van der Waals surface area contributed by atoms with E-state index in [1.54, 1.807) is 24.3 Å². The van der Waals surface area contributed by atoms with Gasteiger partial charge in [0.25, 0.3) is 20.2 Å². The molecule has 0 atom stereocenters. The Morgan fingerprint density at radius 1 is 0.641 bits per heavy atom. The van der Waals surface area contributed by atoms with Gasteiger partial charge in [0.1, 0.15) is 16.3 Å². The number of azo groups is 1. The fourth-order valence-corrected chi connectivity index (χ4v) is 5.31. The van der Waals surface area contributed by atoms with Crippen molar-refractivity contribution in [2.24, 2.45) is 10.2 Å². The Hall–Kier alpha value is -2.16. The maximum atomic E-state index is 12.0. The van der Waals surface area contributed by atoms with Crippen molar-refractivity contribution in [1.82, 2.24) is 0 Å². The summed E-state index contributed by atoms with van der Waals surface area (Å²) < 4.78 is 66.0. The molecule has 0 heterocycles. The Bertz CT molecular complexity index is 1960. The van der Waals surface area contributed by atoms with Crippen LogP contribution in [0.25, 0.3) is 32.7 Å². The third kappa shape index (κ3) is 6.44. The van der Waals surface area contributed by atoms with E-state index in [-0.39, 0.29) is 89.1 Å². The second kappa shape index (κ2) is 12.1. The summed E-state index contributed by atoms with van der Waals surface area (Å²) in [6.07, 6.45) is 0. The molecule has 0 aromatic heterocycles. The van der Waals surface area contributed by atoms with Gasteiger partial charge in [-0.3, -0.25) is 9.11 Å². The molecule has 190 valence electrons. The van der Waals surface area contributed by atoms with E-state index >= 15 is 0 Å². The number of benzene rings is 5. The average Bonchev–Trinajstić information content (AvgIpc) is 2.87. The van der Waals surface area contributed by atoms with E-state index in [0.29, 0.717) is 22.2 Å². The maximum Gasteiger partial charge on any atom is 1.00 e. The molecule has 0 saturated carbocycles. The zero-order chi connectivity index (χ0) is 26.4. The minimum atomic E-state index is -4.64. The van der Waals surface area contributed by atoms with Crippen LogP contribution in [0.1, 0.15) is 2.85 Å². The van der Waals surface area contributed by atoms with Gasteiger partial charge in [-0.1, -0.05) is 72.8 Å². The van der Waals surface area contributed by atoms with Crippen molar-refractivity contribution in [2.45, 2.75) is 9.79 Å². The van der Waals surface area contributed by atoms with Gasteiger partial charge < -0.3 is 7.96 Å². The summed E-state index contributed by atoms with van der Waals surface area (Å²) in [6, 6.07) is 23.7. The minimum Gasteiger partial charge on any atom is -1.00 e. The molecule has 0 spiro atoms. The SMILES string of the molecule is O=S(=O)(O)c1ccc(-c2ccc3ccccc3c2N=Nc2cc(S(=O)(=O)O)c3ccccc3c2O)cc1.[H-].[H-].[Na+].[Na+]. The van der Waals surface area contributed by atoms with E-state index in [4.69, 9.17) is 0 Å². The number of nitrogens with zero attached hydrogens (tertiary/aromatic N) is 2. The topological polar surface area (TPSA) is 154 Å². The van der Waals surface area contributed by atoms with E-state index in [9.17, 15) is 31.0 Å². The number of phenolic OH excluding ortho intramolecular Hbond substituents is 1. The third-order valence-corrected chi connectivity index (χ3v) is 7.62. The second-order valence-electron chi connectivity index (χ2n) is 8.15. The van der Waals surface area contributed by atoms with Gasteiger partial charge in [-0.25, -0.2) is 0 Å². The number of rotatable bonds is 5. The van der Waals surface area contributed by atoms with Crippen LogP contribution >= 0.6 is 0 Å². The van der Waals surface area contributed by atoms with Gasteiger partial charge in [0.05, 0.1) is 4.90 Å². The Kier molecular flexibility index (Phi) is 9.77. The first-order chi connectivity index (χ1) is 17.5. The molecule has 0 fully saturated rings. The van der Waals surface area contributed by atoms with Crippen LogP contribution in [0.3, 0.4) is 0 Å². The van der Waals surface area contributed by atoms with Crippen molar-refractivity contribution in [1.29, 1.82) is 0 Å². The number of fused-ring (bicyclic) bond motifs is 2. The molecular weight excluding hydrogens is 562 g/mol. The van der Waals surface area contributed by atoms with Crippen LogP contribution in [-0.2, 0) is 20.2 Å². The van der Waals surface area contributed by atoms with Crippen LogP contribution in [-0.4, -0.2) is 31.0 Å². The number of hydrogen-bond donors (Lipinski definition) is 3. The van der Waals surface area contributed by atoms with E-state index in [2.05, 4.69) is 10.2 Å². The predicted octanol–water partition coefficient (Wildman–Crippen LogP) is 0.507. The summed E-state index contributed by atoms with van der Waals surface area (Å²) in [5.74, 6) is -0.314. The quantitative estimate of drug-likeness (QED) is 0.155. The molecule has 0 aliphatic carbocycles. The molecule has 0 unspecified atom stereocenters. The minimum absolute atomic E-state index is 0. The van der Waals surface area contributed by atoms with E-state index < -0.39 is 25.1 Å².